The molecule has 1 aromatic carbocycles. The van der Waals surface area contributed by atoms with E-state index in [-0.39, 0.29) is 18.1 Å². The molecule has 0 spiro atoms. The molecule has 20 heavy (non-hydrogen) atoms. The van der Waals surface area contributed by atoms with Crippen LogP contribution in [0.4, 0.5) is 0 Å². The van der Waals surface area contributed by atoms with E-state index < -0.39 is 0 Å². The summed E-state index contributed by atoms with van der Waals surface area (Å²) in [6.07, 6.45) is 3.97. The minimum atomic E-state index is -0.254. The van der Waals surface area contributed by atoms with E-state index in [4.69, 9.17) is 5.26 Å². The largest absolute Gasteiger partial charge is 0.394 e. The normalized spacial score (nSPS) is 12.9. The van der Waals surface area contributed by atoms with E-state index in [1.807, 2.05) is 61.1 Å². The summed E-state index contributed by atoms with van der Waals surface area (Å²) >= 11 is 0. The Morgan fingerprint density at radius 2 is 1.90 bits per heavy atom. The van der Waals surface area contributed by atoms with E-state index in [0.717, 1.165) is 11.1 Å². The summed E-state index contributed by atoms with van der Waals surface area (Å²) in [4.78, 5) is 0. The SMILES string of the molecule is [CH2]C(C)(C)[C@@H](CO)n1ccc(-c2ccc(C#N)cc2)c1. The van der Waals surface area contributed by atoms with Gasteiger partial charge in [-0.05, 0) is 41.7 Å². The predicted octanol–water partition coefficient (Wildman–Crippen LogP) is 3.42. The van der Waals surface area contributed by atoms with Crippen molar-refractivity contribution in [1.29, 1.82) is 5.26 Å². The Morgan fingerprint density at radius 3 is 2.40 bits per heavy atom. The third-order valence-corrected chi connectivity index (χ3v) is 3.50. The van der Waals surface area contributed by atoms with Gasteiger partial charge in [0.15, 0.2) is 0 Å². The predicted molar refractivity (Wildman–Crippen MR) is 79.8 cm³/mol. The van der Waals surface area contributed by atoms with Gasteiger partial charge in [-0.2, -0.15) is 5.26 Å². The fourth-order valence-electron chi connectivity index (χ4n) is 2.26. The van der Waals surface area contributed by atoms with Gasteiger partial charge in [-0.15, -0.1) is 0 Å². The van der Waals surface area contributed by atoms with Crippen molar-refractivity contribution in [2.75, 3.05) is 6.61 Å². The summed E-state index contributed by atoms with van der Waals surface area (Å²) in [7, 11) is 0. The molecule has 0 saturated carbocycles. The summed E-state index contributed by atoms with van der Waals surface area (Å²) in [6.45, 7) is 8.18. The lowest BCUT2D eigenvalue weighted by Crippen LogP contribution is -2.26. The maximum absolute atomic E-state index is 9.57. The molecule has 1 N–H and O–H groups in total. The van der Waals surface area contributed by atoms with Gasteiger partial charge >= 0.3 is 0 Å². The molecule has 2 aromatic rings. The average Bonchev–Trinajstić information content (AvgIpc) is 2.87. The third kappa shape index (κ3) is 2.92. The summed E-state index contributed by atoms with van der Waals surface area (Å²) in [5, 5.41) is 18.4. The number of nitrogens with zero attached hydrogens (tertiary/aromatic N) is 2. The molecular weight excluding hydrogens is 248 g/mol. The highest BCUT2D eigenvalue weighted by molar-refractivity contribution is 5.63. The minimum absolute atomic E-state index is 0.0536. The summed E-state index contributed by atoms with van der Waals surface area (Å²) in [5.74, 6) is 0. The third-order valence-electron chi connectivity index (χ3n) is 3.50. The van der Waals surface area contributed by atoms with Crippen LogP contribution in [0.2, 0.25) is 0 Å². The fourth-order valence-corrected chi connectivity index (χ4v) is 2.26. The molecule has 3 nitrogen and oxygen atoms in total. The van der Waals surface area contributed by atoms with Crippen molar-refractivity contribution in [3.05, 3.63) is 55.2 Å². The monoisotopic (exact) mass is 267 g/mol. The zero-order valence-corrected chi connectivity index (χ0v) is 11.9. The topological polar surface area (TPSA) is 49.0 Å². The first kappa shape index (κ1) is 14.4. The Bertz CT molecular complexity index is 612. The van der Waals surface area contributed by atoms with Gasteiger partial charge in [-0.25, -0.2) is 0 Å². The van der Waals surface area contributed by atoms with E-state index in [9.17, 15) is 5.11 Å². The molecule has 1 atom stereocenters. The standard InChI is InChI=1S/C17H19N2O/c1-17(2,3)16(12-20)19-9-8-15(11-19)14-6-4-13(10-18)5-7-14/h4-9,11,16,20H,1,12H2,2-3H3/t16-/m1/s1. The average molecular weight is 267 g/mol. The second-order valence-electron chi connectivity index (χ2n) is 5.72. The molecule has 2 rings (SSSR count). The van der Waals surface area contributed by atoms with Crippen molar-refractivity contribution >= 4 is 0 Å². The summed E-state index contributed by atoms with van der Waals surface area (Å²) in [5.41, 5.74) is 2.52. The van der Waals surface area contributed by atoms with Gasteiger partial charge in [0.1, 0.15) is 0 Å². The van der Waals surface area contributed by atoms with E-state index in [1.54, 1.807) is 0 Å². The van der Waals surface area contributed by atoms with Crippen LogP contribution in [0.5, 0.6) is 0 Å². The number of aromatic nitrogens is 1. The molecule has 0 bridgehead atoms. The van der Waals surface area contributed by atoms with Gasteiger partial charge in [0, 0.05) is 12.4 Å². The van der Waals surface area contributed by atoms with Crippen molar-refractivity contribution in [1.82, 2.24) is 4.57 Å². The van der Waals surface area contributed by atoms with Gasteiger partial charge < -0.3 is 9.67 Å². The minimum Gasteiger partial charge on any atom is -0.394 e. The van der Waals surface area contributed by atoms with Crippen LogP contribution in [0.25, 0.3) is 11.1 Å². The van der Waals surface area contributed by atoms with E-state index in [0.29, 0.717) is 5.56 Å². The molecule has 0 unspecified atom stereocenters. The number of aliphatic hydroxyl groups excluding tert-OH is 1. The second kappa shape index (κ2) is 5.52. The number of hydrogen-bond donors (Lipinski definition) is 1. The maximum Gasteiger partial charge on any atom is 0.0991 e. The second-order valence-corrected chi connectivity index (χ2v) is 5.72. The lowest BCUT2D eigenvalue weighted by Gasteiger charge is -2.30. The quantitative estimate of drug-likeness (QED) is 0.922. The molecule has 1 heterocycles. The van der Waals surface area contributed by atoms with Crippen molar-refractivity contribution in [2.45, 2.75) is 19.9 Å². The molecule has 0 aliphatic rings. The Kier molecular flexibility index (Phi) is 3.96. The zero-order valence-electron chi connectivity index (χ0n) is 11.9. The Morgan fingerprint density at radius 1 is 1.25 bits per heavy atom. The molecule has 0 fully saturated rings. The lowest BCUT2D eigenvalue weighted by atomic mass is 9.87. The Balaban J connectivity index is 2.30. The molecule has 103 valence electrons. The molecule has 1 radical (unpaired) electrons. The van der Waals surface area contributed by atoms with Gasteiger partial charge in [0.2, 0.25) is 0 Å². The first-order chi connectivity index (χ1) is 9.45. The molecule has 0 amide bonds. The summed E-state index contributed by atoms with van der Waals surface area (Å²) in [6, 6.07) is 11.5. The Labute approximate surface area is 120 Å². The van der Waals surface area contributed by atoms with E-state index in [2.05, 4.69) is 13.0 Å². The van der Waals surface area contributed by atoms with Crippen molar-refractivity contribution in [2.24, 2.45) is 5.41 Å². The van der Waals surface area contributed by atoms with Gasteiger partial charge in [0.05, 0.1) is 24.3 Å². The zero-order chi connectivity index (χ0) is 14.8. The number of aliphatic hydroxyl groups is 1. The smallest absolute Gasteiger partial charge is 0.0991 e. The molecule has 0 aliphatic carbocycles. The maximum atomic E-state index is 9.57. The highest BCUT2D eigenvalue weighted by atomic mass is 16.3. The highest BCUT2D eigenvalue weighted by Gasteiger charge is 2.25. The van der Waals surface area contributed by atoms with Crippen LogP contribution in [0, 0.1) is 23.7 Å². The molecule has 0 aliphatic heterocycles. The molecular formula is C17H19N2O. The Hall–Kier alpha value is -2.05. The van der Waals surface area contributed by atoms with Crippen LogP contribution in [0.1, 0.15) is 25.5 Å². The van der Waals surface area contributed by atoms with Crippen LogP contribution in [-0.4, -0.2) is 16.3 Å². The van der Waals surface area contributed by atoms with Crippen LogP contribution in [0.15, 0.2) is 42.7 Å². The highest BCUT2D eigenvalue weighted by Crippen LogP contribution is 2.31. The number of benzene rings is 1. The van der Waals surface area contributed by atoms with Crippen molar-refractivity contribution < 1.29 is 5.11 Å². The lowest BCUT2D eigenvalue weighted by molar-refractivity contribution is 0.154. The first-order valence-electron chi connectivity index (χ1n) is 6.60. The molecule has 1 aromatic heterocycles. The van der Waals surface area contributed by atoms with Gasteiger partial charge in [-0.3, -0.25) is 0 Å². The first-order valence-corrected chi connectivity index (χ1v) is 6.60. The summed E-state index contributed by atoms with van der Waals surface area (Å²) < 4.78 is 2.00. The van der Waals surface area contributed by atoms with Gasteiger partial charge in [0.25, 0.3) is 0 Å². The van der Waals surface area contributed by atoms with Crippen LogP contribution >= 0.6 is 0 Å². The molecule has 3 heteroatoms. The van der Waals surface area contributed by atoms with E-state index in [1.165, 1.54) is 0 Å². The van der Waals surface area contributed by atoms with E-state index >= 15 is 0 Å². The number of rotatable bonds is 4. The van der Waals surface area contributed by atoms with Crippen LogP contribution in [0.3, 0.4) is 0 Å². The number of hydrogen-bond acceptors (Lipinski definition) is 2. The van der Waals surface area contributed by atoms with Gasteiger partial charge in [-0.1, -0.05) is 26.0 Å². The number of nitriles is 1. The van der Waals surface area contributed by atoms with Crippen molar-refractivity contribution in [3.63, 3.8) is 0 Å². The fraction of sp³-hybridized carbons (Fsp3) is 0.294. The van der Waals surface area contributed by atoms with Crippen LogP contribution < -0.4 is 0 Å². The van der Waals surface area contributed by atoms with Crippen LogP contribution in [-0.2, 0) is 0 Å². The molecule has 0 saturated heterocycles. The van der Waals surface area contributed by atoms with Crippen molar-refractivity contribution in [3.8, 4) is 17.2 Å².